The number of aromatic hydroxyl groups is 3. The van der Waals surface area contributed by atoms with Crippen LogP contribution in [-0.2, 0) is 0 Å². The number of benzene rings is 2. The van der Waals surface area contributed by atoms with Crippen LogP contribution in [0.3, 0.4) is 0 Å². The second kappa shape index (κ2) is 5.27. The van der Waals surface area contributed by atoms with Gasteiger partial charge in [0.1, 0.15) is 22.6 Å². The Kier molecular flexibility index (Phi) is 3.68. The first-order chi connectivity index (χ1) is 9.13. The Morgan fingerprint density at radius 3 is 2.15 bits per heavy atom. The molecule has 0 amide bonds. The maximum Gasteiger partial charge on any atom is 0.368 e. The molecule has 0 spiro atoms. The quantitative estimate of drug-likeness (QED) is 0.572. The molecule has 0 saturated carbocycles. The van der Waals surface area contributed by atoms with Gasteiger partial charge in [-0.15, -0.1) is 0 Å². The average molecular weight is 297 g/mol. The third-order valence-electron chi connectivity index (χ3n) is 2.88. The summed E-state index contributed by atoms with van der Waals surface area (Å²) in [5, 5.41) is 28.9. The molecule has 0 bridgehead atoms. The average Bonchev–Trinajstić information content (AvgIpc) is 2.38. The molecule has 102 valence electrons. The number of hydrogen-bond donors (Lipinski definition) is 3. The highest BCUT2D eigenvalue weighted by atomic mass is 35.5. The molecule has 4 nitrogen and oxygen atoms in total. The van der Waals surface area contributed by atoms with E-state index in [0.717, 1.165) is 5.56 Å². The summed E-state index contributed by atoms with van der Waals surface area (Å²) in [6.45, 7) is 0. The molecule has 0 saturated heterocycles. The van der Waals surface area contributed by atoms with Gasteiger partial charge in [0.25, 0.3) is 0 Å². The first-order valence-electron chi connectivity index (χ1n) is 5.72. The zero-order valence-electron chi connectivity index (χ0n) is 10.2. The number of phenols is 3. The Morgan fingerprint density at radius 1 is 0.750 bits per heavy atom. The Hall–Kier alpha value is -2.46. The molecule has 3 N–H and O–H groups in total. The molecule has 3 aromatic rings. The SMILES string of the molecule is Oc1cc(O)c2ccc(-[13c]3[13cH][13cH][13c](O)[13cH][13cH]3)[o+]c2c1.[Cl-]. The minimum absolute atomic E-state index is 0. The predicted octanol–water partition coefficient (Wildman–Crippen LogP) is 0.502. The lowest BCUT2D eigenvalue weighted by Gasteiger charge is -1.97. The lowest BCUT2D eigenvalue weighted by Crippen LogP contribution is -3.00. The zero-order chi connectivity index (χ0) is 13.4. The van der Waals surface area contributed by atoms with Gasteiger partial charge >= 0.3 is 11.3 Å². The molecule has 0 radical (unpaired) electrons. The highest BCUT2D eigenvalue weighted by Gasteiger charge is 2.17. The molecule has 0 aliphatic rings. The molecule has 2 aromatic carbocycles. The van der Waals surface area contributed by atoms with E-state index in [0.29, 0.717) is 16.7 Å². The Bertz CT molecular complexity index is 754. The fourth-order valence-corrected chi connectivity index (χ4v) is 1.94. The van der Waals surface area contributed by atoms with E-state index in [2.05, 4.69) is 0 Å². The van der Waals surface area contributed by atoms with Crippen molar-refractivity contribution in [2.75, 3.05) is 0 Å². The monoisotopic (exact) mass is 296 g/mol. The number of fused-ring (bicyclic) bond motifs is 1. The fraction of sp³-hybridized carbons (Fsp3) is 0. The summed E-state index contributed by atoms with van der Waals surface area (Å²) in [7, 11) is 0. The molecular formula is C15H11ClO4. The van der Waals surface area contributed by atoms with Crippen molar-refractivity contribution in [2.24, 2.45) is 0 Å². The molecule has 5 heteroatoms. The van der Waals surface area contributed by atoms with Crippen LogP contribution in [0.15, 0.2) is 52.9 Å². The Balaban J connectivity index is 0.00000147. The maximum absolute atomic E-state index is 9.70. The number of phenolic OH excluding ortho intramolecular Hbond substituents is 3. The molecule has 1 aromatic heterocycles. The van der Waals surface area contributed by atoms with Crippen LogP contribution in [0.4, 0.5) is 0 Å². The lowest BCUT2D eigenvalue weighted by molar-refractivity contribution is -0.00000745. The summed E-state index contributed by atoms with van der Waals surface area (Å²) >= 11 is 0. The zero-order valence-corrected chi connectivity index (χ0v) is 11.0. The first-order valence-corrected chi connectivity index (χ1v) is 5.72. The van der Waals surface area contributed by atoms with Gasteiger partial charge in [-0.3, -0.25) is 0 Å². The number of halogens is 1. The van der Waals surface area contributed by atoms with Crippen LogP contribution in [0.2, 0.25) is 0 Å². The van der Waals surface area contributed by atoms with E-state index in [1.165, 1.54) is 12.1 Å². The molecule has 0 aliphatic carbocycles. The second-order valence-electron chi connectivity index (χ2n) is 4.22. The van der Waals surface area contributed by atoms with Crippen LogP contribution >= 0.6 is 0 Å². The second-order valence-corrected chi connectivity index (χ2v) is 4.22. The maximum atomic E-state index is 9.70. The Morgan fingerprint density at radius 2 is 1.45 bits per heavy atom. The van der Waals surface area contributed by atoms with Crippen molar-refractivity contribution in [3.63, 3.8) is 0 Å². The van der Waals surface area contributed by atoms with Crippen molar-refractivity contribution < 1.29 is 32.1 Å². The van der Waals surface area contributed by atoms with E-state index in [1.807, 2.05) is 0 Å². The smallest absolute Gasteiger partial charge is 0.368 e. The molecule has 0 atom stereocenters. The molecule has 0 fully saturated rings. The summed E-state index contributed by atoms with van der Waals surface area (Å²) < 4.78 is 5.65. The van der Waals surface area contributed by atoms with Crippen LogP contribution in [0.25, 0.3) is 22.3 Å². The van der Waals surface area contributed by atoms with Gasteiger partial charge in [-0.2, -0.15) is 0 Å². The van der Waals surface area contributed by atoms with Crippen molar-refractivity contribution in [3.05, 3.63) is 48.5 Å². The van der Waals surface area contributed by atoms with Gasteiger partial charge < -0.3 is 27.7 Å². The van der Waals surface area contributed by atoms with E-state index in [1.54, 1.807) is 36.4 Å². The normalized spacial score (nSPS) is 10.2. The topological polar surface area (TPSA) is 72.0 Å². The highest BCUT2D eigenvalue weighted by molar-refractivity contribution is 5.86. The van der Waals surface area contributed by atoms with Gasteiger partial charge in [-0.25, -0.2) is 4.42 Å². The largest absolute Gasteiger partial charge is 1.00 e. The molecular weight excluding hydrogens is 286 g/mol. The van der Waals surface area contributed by atoms with Gasteiger partial charge in [0.15, 0.2) is 0 Å². The summed E-state index contributed by atoms with van der Waals surface area (Å²) in [5.74, 6) is 0.671. The van der Waals surface area contributed by atoms with Crippen molar-refractivity contribution in [1.29, 1.82) is 0 Å². The third kappa shape index (κ3) is 2.46. The van der Waals surface area contributed by atoms with Gasteiger partial charge in [-0.1, -0.05) is 0 Å². The predicted molar refractivity (Wildman–Crippen MR) is 71.1 cm³/mol. The minimum Gasteiger partial charge on any atom is -1.00 e. The first kappa shape index (κ1) is 14.0. The van der Waals surface area contributed by atoms with Crippen molar-refractivity contribution in [2.45, 2.75) is 0 Å². The molecule has 20 heavy (non-hydrogen) atoms. The van der Waals surface area contributed by atoms with E-state index in [9.17, 15) is 15.3 Å². The van der Waals surface area contributed by atoms with E-state index in [4.69, 9.17) is 4.42 Å². The van der Waals surface area contributed by atoms with Gasteiger partial charge in [0.05, 0.1) is 11.6 Å². The van der Waals surface area contributed by atoms with E-state index >= 15 is 0 Å². The number of rotatable bonds is 1. The highest BCUT2D eigenvalue weighted by Crippen LogP contribution is 2.33. The van der Waals surface area contributed by atoms with Gasteiger partial charge in [-0.05, 0) is 30.3 Å². The molecule has 0 unspecified atom stereocenters. The summed E-state index contributed by atoms with van der Waals surface area (Å²) in [6.07, 6.45) is 0. The van der Waals surface area contributed by atoms with Crippen LogP contribution < -0.4 is 12.4 Å². The van der Waals surface area contributed by atoms with Gasteiger partial charge in [0, 0.05) is 12.1 Å². The molecule has 0 aliphatic heterocycles. The van der Waals surface area contributed by atoms with E-state index in [-0.39, 0.29) is 29.7 Å². The van der Waals surface area contributed by atoms with E-state index < -0.39 is 0 Å². The Labute approximate surface area is 121 Å². The van der Waals surface area contributed by atoms with Crippen molar-refractivity contribution in [1.82, 2.24) is 0 Å². The summed E-state index contributed by atoms with van der Waals surface area (Å²) in [5.41, 5.74) is 1.19. The number of hydrogen-bond acceptors (Lipinski definition) is 3. The summed E-state index contributed by atoms with van der Waals surface area (Å²) in [6, 6.07) is 12.7. The molecule has 1 heterocycles. The standard InChI is InChI=1S/C15H10O4.ClH/c16-10-3-1-9(2-4-10)14-6-5-12-13(18)7-11(17)8-15(12)19-14;/h1-8H,(H2-,16,17,18);1H/i1+1,2+1,3+1,4+1,9+1,10+1;. The van der Waals surface area contributed by atoms with Crippen LogP contribution in [0.1, 0.15) is 0 Å². The molecule has 3 rings (SSSR count). The van der Waals surface area contributed by atoms with Crippen molar-refractivity contribution >= 4 is 11.0 Å². The van der Waals surface area contributed by atoms with Crippen LogP contribution in [0, 0.1) is 0 Å². The van der Waals surface area contributed by atoms with Gasteiger partial charge in [0.2, 0.25) is 0 Å². The van der Waals surface area contributed by atoms with Crippen molar-refractivity contribution in [3.8, 4) is 28.6 Å². The third-order valence-corrected chi connectivity index (χ3v) is 2.88. The lowest BCUT2D eigenvalue weighted by atomic mass is 10.2. The van der Waals surface area contributed by atoms with Crippen LogP contribution in [-0.4, -0.2) is 15.3 Å². The fourth-order valence-electron chi connectivity index (χ4n) is 1.94. The minimum atomic E-state index is -0.0587. The van der Waals surface area contributed by atoms with Crippen LogP contribution in [0.5, 0.6) is 17.2 Å². The summed E-state index contributed by atoms with van der Waals surface area (Å²) in [4.78, 5) is 0.